The number of aryl methyl sites for hydroxylation is 1. The lowest BCUT2D eigenvalue weighted by Gasteiger charge is -2.37. The Morgan fingerprint density at radius 1 is 1.31 bits per heavy atom. The van der Waals surface area contributed by atoms with Crippen molar-refractivity contribution >= 4 is 16.9 Å². The summed E-state index contributed by atoms with van der Waals surface area (Å²) in [5.74, 6) is 0.826. The molecule has 7 nitrogen and oxygen atoms in total. The molecule has 1 fully saturated rings. The number of benzene rings is 1. The van der Waals surface area contributed by atoms with Crippen LogP contribution in [0, 0.1) is 5.41 Å². The van der Waals surface area contributed by atoms with E-state index in [0.29, 0.717) is 32.0 Å². The van der Waals surface area contributed by atoms with Gasteiger partial charge in [0.25, 0.3) is 5.91 Å². The summed E-state index contributed by atoms with van der Waals surface area (Å²) in [4.78, 5) is 14.6. The molecular weight excluding hydrogens is 368 g/mol. The van der Waals surface area contributed by atoms with E-state index in [1.807, 2.05) is 18.2 Å². The number of aromatic nitrogens is 3. The van der Waals surface area contributed by atoms with Crippen LogP contribution in [0.25, 0.3) is 11.0 Å². The van der Waals surface area contributed by atoms with Crippen molar-refractivity contribution in [2.45, 2.75) is 46.2 Å². The van der Waals surface area contributed by atoms with E-state index in [0.717, 1.165) is 41.6 Å². The van der Waals surface area contributed by atoms with Crippen LogP contribution >= 0.6 is 0 Å². The van der Waals surface area contributed by atoms with Crippen LogP contribution in [0.1, 0.15) is 48.5 Å². The molecular formula is C22H28N4O3. The number of carbonyl (C=O) groups excluding carboxylic acids is 1. The Bertz CT molecular complexity index is 1000. The Morgan fingerprint density at radius 3 is 2.83 bits per heavy atom. The number of para-hydroxylation sites is 1. The third-order valence-corrected chi connectivity index (χ3v) is 5.48. The number of hydrogen-bond donors (Lipinski definition) is 0. The lowest BCUT2D eigenvalue weighted by Crippen LogP contribution is -2.43. The summed E-state index contributed by atoms with van der Waals surface area (Å²) in [6.45, 7) is 6.91. The maximum Gasteiger partial charge on any atom is 0.276 e. The fourth-order valence-electron chi connectivity index (χ4n) is 3.77. The second-order valence-corrected chi connectivity index (χ2v) is 8.37. The molecule has 3 heterocycles. The summed E-state index contributed by atoms with van der Waals surface area (Å²) >= 11 is 0. The first kappa shape index (κ1) is 19.6. The molecule has 0 saturated carbocycles. The Hall–Kier alpha value is -2.67. The molecule has 154 valence electrons. The van der Waals surface area contributed by atoms with Gasteiger partial charge in [0.2, 0.25) is 0 Å². The van der Waals surface area contributed by atoms with Gasteiger partial charge >= 0.3 is 0 Å². The number of nitrogens with zero attached hydrogens (tertiary/aromatic N) is 4. The van der Waals surface area contributed by atoms with Crippen LogP contribution in [-0.2, 0) is 24.2 Å². The van der Waals surface area contributed by atoms with Crippen LogP contribution in [0.3, 0.4) is 0 Å². The van der Waals surface area contributed by atoms with Crippen molar-refractivity contribution in [3.05, 3.63) is 47.5 Å². The highest BCUT2D eigenvalue weighted by Crippen LogP contribution is 2.29. The predicted octanol–water partition coefficient (Wildman–Crippen LogP) is 3.68. The average molecular weight is 396 g/mol. The molecule has 0 unspecified atom stereocenters. The van der Waals surface area contributed by atoms with Crippen molar-refractivity contribution in [2.75, 3.05) is 20.3 Å². The van der Waals surface area contributed by atoms with E-state index in [9.17, 15) is 4.79 Å². The minimum atomic E-state index is -0.141. The minimum absolute atomic E-state index is 0.0732. The van der Waals surface area contributed by atoms with E-state index in [1.165, 1.54) is 0 Å². The Morgan fingerprint density at radius 2 is 2.10 bits per heavy atom. The molecule has 0 radical (unpaired) electrons. The highest BCUT2D eigenvalue weighted by atomic mass is 16.5. The van der Waals surface area contributed by atoms with E-state index >= 15 is 0 Å². The fourth-order valence-corrected chi connectivity index (χ4v) is 3.77. The summed E-state index contributed by atoms with van der Waals surface area (Å²) in [6, 6.07) is 8.01. The summed E-state index contributed by atoms with van der Waals surface area (Å²) in [7, 11) is 1.80. The zero-order valence-corrected chi connectivity index (χ0v) is 17.4. The summed E-state index contributed by atoms with van der Waals surface area (Å²) < 4.78 is 13.1. The number of carbonyl (C=O) groups is 1. The third-order valence-electron chi connectivity index (χ3n) is 5.48. The fraction of sp³-hybridized carbons (Fsp3) is 0.500. The van der Waals surface area contributed by atoms with Gasteiger partial charge in [-0.15, -0.1) is 5.10 Å². The molecule has 1 aromatic carbocycles. The van der Waals surface area contributed by atoms with E-state index < -0.39 is 0 Å². The monoisotopic (exact) mass is 396 g/mol. The van der Waals surface area contributed by atoms with Crippen LogP contribution in [0.4, 0.5) is 0 Å². The van der Waals surface area contributed by atoms with Crippen molar-refractivity contribution in [1.29, 1.82) is 0 Å². The standard InChI is InChI=1S/C22H28N4O3/c1-4-5-9-20-17(16-8-6-7-10-19(16)29-20)11-25(3)21(27)18-12-26(24-23-18)13-22(2)14-28-15-22/h6-8,10,12H,4-5,9,11,13-15H2,1-3H3. The lowest BCUT2D eigenvalue weighted by atomic mass is 9.89. The molecule has 4 rings (SSSR count). The van der Waals surface area contributed by atoms with E-state index in [2.05, 4.69) is 30.2 Å². The number of hydrogen-bond acceptors (Lipinski definition) is 5. The average Bonchev–Trinajstić information content (AvgIpc) is 3.29. The largest absolute Gasteiger partial charge is 0.461 e. The smallest absolute Gasteiger partial charge is 0.276 e. The first-order valence-corrected chi connectivity index (χ1v) is 10.2. The van der Waals surface area contributed by atoms with E-state index in [-0.39, 0.29) is 11.3 Å². The Kier molecular flexibility index (Phi) is 5.41. The third kappa shape index (κ3) is 4.05. The quantitative estimate of drug-likeness (QED) is 0.581. The van der Waals surface area contributed by atoms with Gasteiger partial charge in [-0.3, -0.25) is 9.48 Å². The SMILES string of the molecule is CCCCc1oc2ccccc2c1CN(C)C(=O)c1cn(CC2(C)COC2)nn1. The molecule has 0 N–H and O–H groups in total. The molecule has 29 heavy (non-hydrogen) atoms. The number of furan rings is 1. The first-order chi connectivity index (χ1) is 14.0. The molecule has 0 bridgehead atoms. The molecule has 0 atom stereocenters. The number of rotatable bonds is 8. The number of amides is 1. The van der Waals surface area contributed by atoms with Crippen LogP contribution in [-0.4, -0.2) is 46.1 Å². The van der Waals surface area contributed by atoms with Crippen LogP contribution in [0.2, 0.25) is 0 Å². The van der Waals surface area contributed by atoms with Gasteiger partial charge < -0.3 is 14.1 Å². The van der Waals surface area contributed by atoms with Crippen LogP contribution in [0.5, 0.6) is 0 Å². The Labute approximate surface area is 170 Å². The molecule has 3 aromatic rings. The molecule has 2 aromatic heterocycles. The van der Waals surface area contributed by atoms with Crippen molar-refractivity contribution in [3.63, 3.8) is 0 Å². The summed E-state index contributed by atoms with van der Waals surface area (Å²) in [6.07, 6.45) is 4.76. The molecule has 1 aliphatic heterocycles. The Balaban J connectivity index is 1.51. The van der Waals surface area contributed by atoms with Gasteiger partial charge in [-0.25, -0.2) is 0 Å². The molecule has 7 heteroatoms. The van der Waals surface area contributed by atoms with Crippen molar-refractivity contribution in [1.82, 2.24) is 19.9 Å². The number of fused-ring (bicyclic) bond motifs is 1. The van der Waals surface area contributed by atoms with Gasteiger partial charge in [0.1, 0.15) is 11.3 Å². The number of unbranched alkanes of at least 4 members (excludes halogenated alkanes) is 1. The lowest BCUT2D eigenvalue weighted by molar-refractivity contribution is -0.111. The molecule has 1 aliphatic rings. The van der Waals surface area contributed by atoms with Gasteiger partial charge in [-0.1, -0.05) is 43.7 Å². The maximum atomic E-state index is 12.9. The number of ether oxygens (including phenoxy) is 1. The summed E-state index contributed by atoms with van der Waals surface area (Å²) in [5, 5.41) is 9.31. The van der Waals surface area contributed by atoms with Gasteiger partial charge in [0.05, 0.1) is 26.0 Å². The summed E-state index contributed by atoms with van der Waals surface area (Å²) in [5.41, 5.74) is 2.39. The molecule has 1 saturated heterocycles. The van der Waals surface area contributed by atoms with Crippen molar-refractivity contribution in [2.24, 2.45) is 5.41 Å². The zero-order chi connectivity index (χ0) is 20.4. The second-order valence-electron chi connectivity index (χ2n) is 8.37. The zero-order valence-electron chi connectivity index (χ0n) is 17.4. The predicted molar refractivity (Wildman–Crippen MR) is 110 cm³/mol. The molecule has 1 amide bonds. The molecule has 0 spiro atoms. The van der Waals surface area contributed by atoms with Crippen molar-refractivity contribution in [3.8, 4) is 0 Å². The van der Waals surface area contributed by atoms with E-state index in [4.69, 9.17) is 9.15 Å². The van der Waals surface area contributed by atoms with E-state index in [1.54, 1.807) is 22.8 Å². The van der Waals surface area contributed by atoms with Crippen LogP contribution in [0.15, 0.2) is 34.9 Å². The van der Waals surface area contributed by atoms with Gasteiger partial charge in [0, 0.05) is 36.4 Å². The molecule has 0 aliphatic carbocycles. The van der Waals surface area contributed by atoms with Gasteiger partial charge in [0.15, 0.2) is 5.69 Å². The normalized spacial score (nSPS) is 15.4. The van der Waals surface area contributed by atoms with Gasteiger partial charge in [-0.2, -0.15) is 0 Å². The van der Waals surface area contributed by atoms with Crippen LogP contribution < -0.4 is 0 Å². The topological polar surface area (TPSA) is 73.4 Å². The first-order valence-electron chi connectivity index (χ1n) is 10.2. The maximum absolute atomic E-state index is 12.9. The second kappa shape index (κ2) is 7.99. The highest BCUT2D eigenvalue weighted by molar-refractivity contribution is 5.92. The van der Waals surface area contributed by atoms with Gasteiger partial charge in [-0.05, 0) is 12.5 Å². The minimum Gasteiger partial charge on any atom is -0.461 e. The van der Waals surface area contributed by atoms with Crippen molar-refractivity contribution < 1.29 is 13.9 Å². The highest BCUT2D eigenvalue weighted by Gasteiger charge is 2.34.